The van der Waals surface area contributed by atoms with Gasteiger partial charge in [0.1, 0.15) is 10.6 Å². The molecule has 2 aromatic rings. The minimum absolute atomic E-state index is 0.0188. The summed E-state index contributed by atoms with van der Waals surface area (Å²) >= 11 is 0. The first kappa shape index (κ1) is 14.5. The van der Waals surface area contributed by atoms with E-state index in [1.54, 1.807) is 32.3 Å². The van der Waals surface area contributed by atoms with Crippen LogP contribution in [-0.4, -0.2) is 18.1 Å². The molecule has 0 radical (unpaired) electrons. The molecule has 0 bridgehead atoms. The lowest BCUT2D eigenvalue weighted by atomic mass is 10.3. The average molecular weight is 297 g/mol. The van der Waals surface area contributed by atoms with Gasteiger partial charge >= 0.3 is 0 Å². The number of hydrogen-bond acceptors (Lipinski definition) is 5. The summed E-state index contributed by atoms with van der Waals surface area (Å²) in [4.78, 5) is 11.8. The van der Waals surface area contributed by atoms with Gasteiger partial charge in [0.25, 0.3) is 5.56 Å². The van der Waals surface area contributed by atoms with Gasteiger partial charge < -0.3 is 9.09 Å². The zero-order valence-corrected chi connectivity index (χ0v) is 12.2. The predicted molar refractivity (Wildman–Crippen MR) is 71.7 cm³/mol. The molecular formula is C12H15N3O4S. The van der Waals surface area contributed by atoms with Crippen molar-refractivity contribution in [2.24, 2.45) is 7.05 Å². The van der Waals surface area contributed by atoms with Crippen LogP contribution in [0.25, 0.3) is 0 Å². The van der Waals surface area contributed by atoms with Crippen molar-refractivity contribution in [1.29, 1.82) is 0 Å². The molecule has 2 heterocycles. The van der Waals surface area contributed by atoms with Crippen molar-refractivity contribution < 1.29 is 12.9 Å². The molecule has 2 aromatic heterocycles. The van der Waals surface area contributed by atoms with Gasteiger partial charge in [0.05, 0.1) is 0 Å². The lowest BCUT2D eigenvalue weighted by molar-refractivity contribution is 0.390. The molecule has 0 aliphatic heterocycles. The number of aromatic nitrogens is 2. The second-order valence-corrected chi connectivity index (χ2v) is 6.13. The van der Waals surface area contributed by atoms with Crippen LogP contribution in [0.3, 0.4) is 0 Å². The number of rotatable bonds is 4. The van der Waals surface area contributed by atoms with E-state index >= 15 is 0 Å². The minimum Gasteiger partial charge on any atom is -0.360 e. The Kier molecular flexibility index (Phi) is 3.78. The summed E-state index contributed by atoms with van der Waals surface area (Å²) in [6, 6.07) is 3.26. The van der Waals surface area contributed by atoms with Gasteiger partial charge in [-0.2, -0.15) is 0 Å². The molecule has 0 aliphatic rings. The quantitative estimate of drug-likeness (QED) is 0.885. The minimum atomic E-state index is -3.76. The molecule has 108 valence electrons. The molecule has 0 amide bonds. The zero-order chi connectivity index (χ0) is 14.9. The van der Waals surface area contributed by atoms with Crippen LogP contribution in [0.15, 0.2) is 32.5 Å². The molecule has 0 aromatic carbocycles. The molecule has 1 N–H and O–H groups in total. The fourth-order valence-corrected chi connectivity index (χ4v) is 3.22. The third kappa shape index (κ3) is 2.66. The van der Waals surface area contributed by atoms with Crippen molar-refractivity contribution in [2.45, 2.75) is 25.3 Å². The SMILES string of the molecule is Cc1noc(C)c1S(=O)(=O)NCc1cccn(C)c1=O. The highest BCUT2D eigenvalue weighted by atomic mass is 32.2. The van der Waals surface area contributed by atoms with Gasteiger partial charge in [0.15, 0.2) is 5.76 Å². The van der Waals surface area contributed by atoms with Gasteiger partial charge in [-0.3, -0.25) is 4.79 Å². The van der Waals surface area contributed by atoms with Gasteiger partial charge in [-0.1, -0.05) is 11.2 Å². The van der Waals surface area contributed by atoms with Gasteiger partial charge in [0.2, 0.25) is 10.0 Å². The predicted octanol–water partition coefficient (Wildman–Crippen LogP) is 0.469. The van der Waals surface area contributed by atoms with Crippen molar-refractivity contribution in [2.75, 3.05) is 0 Å². The van der Waals surface area contributed by atoms with Gasteiger partial charge in [-0.05, 0) is 19.9 Å². The largest absolute Gasteiger partial charge is 0.360 e. The Morgan fingerprint density at radius 2 is 2.10 bits per heavy atom. The third-order valence-electron chi connectivity index (χ3n) is 2.89. The molecular weight excluding hydrogens is 282 g/mol. The van der Waals surface area contributed by atoms with Crippen LogP contribution in [0.1, 0.15) is 17.0 Å². The summed E-state index contributed by atoms with van der Waals surface area (Å²) in [5, 5.41) is 3.61. The number of sulfonamides is 1. The Hall–Kier alpha value is -1.93. The van der Waals surface area contributed by atoms with E-state index in [9.17, 15) is 13.2 Å². The normalized spacial score (nSPS) is 11.8. The third-order valence-corrected chi connectivity index (χ3v) is 4.54. The highest BCUT2D eigenvalue weighted by Crippen LogP contribution is 2.18. The number of nitrogens with zero attached hydrogens (tertiary/aromatic N) is 2. The Morgan fingerprint density at radius 1 is 1.40 bits per heavy atom. The fraction of sp³-hybridized carbons (Fsp3) is 0.333. The first-order valence-electron chi connectivity index (χ1n) is 5.90. The molecule has 20 heavy (non-hydrogen) atoms. The van der Waals surface area contributed by atoms with Crippen LogP contribution >= 0.6 is 0 Å². The Labute approximate surface area is 116 Å². The van der Waals surface area contributed by atoms with Gasteiger partial charge in [0, 0.05) is 25.4 Å². The number of nitrogens with one attached hydrogen (secondary N) is 1. The zero-order valence-electron chi connectivity index (χ0n) is 11.4. The van der Waals surface area contributed by atoms with Crippen molar-refractivity contribution in [1.82, 2.24) is 14.4 Å². The summed E-state index contributed by atoms with van der Waals surface area (Å²) in [6.45, 7) is 2.99. The monoisotopic (exact) mass is 297 g/mol. The summed E-state index contributed by atoms with van der Waals surface area (Å²) in [5.74, 6) is 0.218. The van der Waals surface area contributed by atoms with Crippen LogP contribution < -0.4 is 10.3 Å². The van der Waals surface area contributed by atoms with E-state index in [2.05, 4.69) is 9.88 Å². The van der Waals surface area contributed by atoms with Crippen molar-refractivity contribution in [3.8, 4) is 0 Å². The van der Waals surface area contributed by atoms with Crippen LogP contribution in [0, 0.1) is 13.8 Å². The van der Waals surface area contributed by atoms with Crippen molar-refractivity contribution in [3.63, 3.8) is 0 Å². The lowest BCUT2D eigenvalue weighted by Gasteiger charge is -2.06. The molecule has 0 unspecified atom stereocenters. The Morgan fingerprint density at radius 3 is 2.70 bits per heavy atom. The maximum Gasteiger partial charge on any atom is 0.254 e. The van der Waals surface area contributed by atoms with Crippen LogP contribution in [0.5, 0.6) is 0 Å². The summed E-state index contributed by atoms with van der Waals surface area (Å²) in [5.41, 5.74) is 0.412. The number of aryl methyl sites for hydroxylation is 3. The average Bonchev–Trinajstić information content (AvgIpc) is 2.71. The topological polar surface area (TPSA) is 94.2 Å². The molecule has 0 saturated heterocycles. The first-order valence-corrected chi connectivity index (χ1v) is 7.38. The summed E-state index contributed by atoms with van der Waals surface area (Å²) < 4.78 is 33.0. The molecule has 7 nitrogen and oxygen atoms in total. The Bertz CT molecular complexity index is 770. The number of pyridine rings is 1. The maximum absolute atomic E-state index is 12.2. The second kappa shape index (κ2) is 5.22. The Balaban J connectivity index is 2.27. The molecule has 8 heteroatoms. The van der Waals surface area contributed by atoms with Gasteiger partial charge in [-0.25, -0.2) is 13.1 Å². The molecule has 0 spiro atoms. The van der Waals surface area contributed by atoms with Crippen LogP contribution in [0.4, 0.5) is 0 Å². The van der Waals surface area contributed by atoms with E-state index in [-0.39, 0.29) is 28.5 Å². The van der Waals surface area contributed by atoms with E-state index < -0.39 is 10.0 Å². The molecule has 0 saturated carbocycles. The van der Waals surface area contributed by atoms with E-state index in [1.807, 2.05) is 0 Å². The molecule has 2 rings (SSSR count). The highest BCUT2D eigenvalue weighted by Gasteiger charge is 2.24. The molecule has 0 fully saturated rings. The summed E-state index contributed by atoms with van der Waals surface area (Å²) in [7, 11) is -2.15. The molecule has 0 aliphatic carbocycles. The smallest absolute Gasteiger partial charge is 0.254 e. The van der Waals surface area contributed by atoms with E-state index in [4.69, 9.17) is 4.52 Å². The van der Waals surface area contributed by atoms with Crippen LogP contribution in [-0.2, 0) is 23.6 Å². The summed E-state index contributed by atoms with van der Waals surface area (Å²) in [6.07, 6.45) is 1.61. The van der Waals surface area contributed by atoms with E-state index in [1.165, 1.54) is 11.5 Å². The maximum atomic E-state index is 12.2. The highest BCUT2D eigenvalue weighted by molar-refractivity contribution is 7.89. The standard InChI is InChI=1S/C12H15N3O4S/c1-8-11(9(2)19-14-8)20(17,18)13-7-10-5-4-6-15(3)12(10)16/h4-6,13H,7H2,1-3H3. The molecule has 0 atom stereocenters. The first-order chi connectivity index (χ1) is 9.33. The fourth-order valence-electron chi connectivity index (χ4n) is 1.89. The van der Waals surface area contributed by atoms with Crippen LogP contribution in [0.2, 0.25) is 0 Å². The van der Waals surface area contributed by atoms with E-state index in [0.717, 1.165) is 0 Å². The van der Waals surface area contributed by atoms with E-state index in [0.29, 0.717) is 5.56 Å². The van der Waals surface area contributed by atoms with Gasteiger partial charge in [-0.15, -0.1) is 0 Å². The van der Waals surface area contributed by atoms with Crippen molar-refractivity contribution >= 4 is 10.0 Å². The van der Waals surface area contributed by atoms with Crippen molar-refractivity contribution in [3.05, 3.63) is 45.7 Å². The second-order valence-electron chi connectivity index (χ2n) is 4.43. The lowest BCUT2D eigenvalue weighted by Crippen LogP contribution is -2.29. The number of hydrogen-bond donors (Lipinski definition) is 1.